The van der Waals surface area contributed by atoms with E-state index in [-0.39, 0.29) is 18.4 Å². The first-order chi connectivity index (χ1) is 13.1. The number of fused-ring (bicyclic) bond motifs is 1. The molecule has 0 N–H and O–H groups in total. The molecule has 5 nitrogen and oxygen atoms in total. The van der Waals surface area contributed by atoms with Gasteiger partial charge in [-0.25, -0.2) is 4.98 Å². The number of para-hydroxylation sites is 2. The lowest BCUT2D eigenvalue weighted by Gasteiger charge is -2.30. The fourth-order valence-electron chi connectivity index (χ4n) is 3.24. The van der Waals surface area contributed by atoms with Gasteiger partial charge >= 0.3 is 0 Å². The van der Waals surface area contributed by atoms with Crippen LogP contribution in [0.1, 0.15) is 24.7 Å². The summed E-state index contributed by atoms with van der Waals surface area (Å²) in [6, 6.07) is 12.7. The minimum atomic E-state index is -0.0444. The Morgan fingerprint density at radius 1 is 1.15 bits per heavy atom. The molecular formula is C20H18Cl2N2O3. The molecule has 7 heteroatoms. The number of carbonyl (C=O) groups is 1. The zero-order valence-electron chi connectivity index (χ0n) is 14.5. The van der Waals surface area contributed by atoms with Gasteiger partial charge < -0.3 is 14.1 Å². The van der Waals surface area contributed by atoms with E-state index in [0.29, 0.717) is 28.9 Å². The standard InChI is InChI=1S/C20H18Cl2N2O3/c21-15-6-5-14(11-16(15)22)26-12-19(25)24-9-7-13(8-10-24)20-23-17-3-1-2-4-18(17)27-20/h1-6,11,13H,7-10,12H2. The van der Waals surface area contributed by atoms with Crippen LogP contribution in [0, 0.1) is 0 Å². The summed E-state index contributed by atoms with van der Waals surface area (Å²) in [4.78, 5) is 18.8. The van der Waals surface area contributed by atoms with E-state index in [9.17, 15) is 4.79 Å². The molecule has 3 aromatic rings. The second kappa shape index (κ2) is 7.79. The van der Waals surface area contributed by atoms with Gasteiger partial charge in [0.25, 0.3) is 5.91 Å². The molecule has 1 amide bonds. The van der Waals surface area contributed by atoms with Crippen molar-refractivity contribution >= 4 is 40.2 Å². The Morgan fingerprint density at radius 2 is 1.93 bits per heavy atom. The molecule has 0 radical (unpaired) electrons. The number of benzene rings is 2. The zero-order valence-corrected chi connectivity index (χ0v) is 16.0. The van der Waals surface area contributed by atoms with Gasteiger partial charge in [-0.05, 0) is 37.1 Å². The molecule has 0 aliphatic carbocycles. The summed E-state index contributed by atoms with van der Waals surface area (Å²) in [6.07, 6.45) is 1.65. The van der Waals surface area contributed by atoms with E-state index in [2.05, 4.69) is 4.98 Å². The molecule has 2 aromatic carbocycles. The first-order valence-electron chi connectivity index (χ1n) is 8.81. The molecule has 1 fully saturated rings. The van der Waals surface area contributed by atoms with E-state index in [1.54, 1.807) is 18.2 Å². The lowest BCUT2D eigenvalue weighted by molar-refractivity contribution is -0.134. The molecule has 1 aromatic heterocycles. The number of oxazole rings is 1. The fraction of sp³-hybridized carbons (Fsp3) is 0.300. The van der Waals surface area contributed by atoms with Gasteiger partial charge in [-0.1, -0.05) is 35.3 Å². The summed E-state index contributed by atoms with van der Waals surface area (Å²) in [5.74, 6) is 1.48. The molecule has 4 rings (SSSR count). The third-order valence-corrected chi connectivity index (χ3v) is 5.50. The van der Waals surface area contributed by atoms with Crippen LogP contribution >= 0.6 is 23.2 Å². The van der Waals surface area contributed by atoms with Crippen LogP contribution in [0.5, 0.6) is 5.75 Å². The van der Waals surface area contributed by atoms with Crippen molar-refractivity contribution < 1.29 is 13.9 Å². The van der Waals surface area contributed by atoms with Crippen molar-refractivity contribution in [3.8, 4) is 5.75 Å². The van der Waals surface area contributed by atoms with E-state index in [1.807, 2.05) is 29.2 Å². The number of hydrogen-bond donors (Lipinski definition) is 0. The lowest BCUT2D eigenvalue weighted by atomic mass is 9.97. The first-order valence-corrected chi connectivity index (χ1v) is 9.57. The topological polar surface area (TPSA) is 55.6 Å². The van der Waals surface area contributed by atoms with Crippen molar-refractivity contribution in [3.05, 3.63) is 58.4 Å². The first kappa shape index (κ1) is 18.1. The van der Waals surface area contributed by atoms with E-state index < -0.39 is 0 Å². The number of aromatic nitrogens is 1. The normalized spacial score (nSPS) is 15.3. The molecule has 2 heterocycles. The van der Waals surface area contributed by atoms with Gasteiger partial charge in [-0.2, -0.15) is 0 Å². The largest absolute Gasteiger partial charge is 0.484 e. The highest BCUT2D eigenvalue weighted by Gasteiger charge is 2.27. The molecule has 1 aliphatic rings. The van der Waals surface area contributed by atoms with Crippen LogP contribution < -0.4 is 4.74 Å². The van der Waals surface area contributed by atoms with E-state index in [4.69, 9.17) is 32.4 Å². The molecule has 0 bridgehead atoms. The number of hydrogen-bond acceptors (Lipinski definition) is 4. The molecule has 1 saturated heterocycles. The van der Waals surface area contributed by atoms with Crippen molar-refractivity contribution in [1.29, 1.82) is 0 Å². The SMILES string of the molecule is O=C(COc1ccc(Cl)c(Cl)c1)N1CCC(c2nc3ccccc3o2)CC1. The average Bonchev–Trinajstić information content (AvgIpc) is 3.13. The number of halogens is 2. The van der Waals surface area contributed by atoms with Crippen LogP contribution in [-0.4, -0.2) is 35.5 Å². The summed E-state index contributed by atoms with van der Waals surface area (Å²) < 4.78 is 11.4. The molecule has 0 spiro atoms. The molecule has 0 saturated carbocycles. The number of piperidine rings is 1. The van der Waals surface area contributed by atoms with Crippen molar-refractivity contribution in [2.45, 2.75) is 18.8 Å². The number of amides is 1. The van der Waals surface area contributed by atoms with E-state index in [1.165, 1.54) is 0 Å². The zero-order chi connectivity index (χ0) is 18.8. The Morgan fingerprint density at radius 3 is 2.67 bits per heavy atom. The number of carbonyl (C=O) groups excluding carboxylic acids is 1. The third-order valence-electron chi connectivity index (χ3n) is 4.76. The van der Waals surface area contributed by atoms with Gasteiger partial charge in [0.05, 0.1) is 10.0 Å². The third kappa shape index (κ3) is 4.04. The molecule has 27 heavy (non-hydrogen) atoms. The second-order valence-corrected chi connectivity index (χ2v) is 7.35. The Bertz CT molecular complexity index is 932. The predicted molar refractivity (Wildman–Crippen MR) is 105 cm³/mol. The van der Waals surface area contributed by atoms with E-state index in [0.717, 1.165) is 29.8 Å². The Balaban J connectivity index is 1.31. The average molecular weight is 405 g/mol. The smallest absolute Gasteiger partial charge is 0.260 e. The minimum absolute atomic E-state index is 0.0223. The number of ether oxygens (including phenoxy) is 1. The van der Waals surface area contributed by atoms with Crippen molar-refractivity contribution in [1.82, 2.24) is 9.88 Å². The van der Waals surface area contributed by atoms with Crippen LogP contribution in [0.3, 0.4) is 0 Å². The Hall–Kier alpha value is -2.24. The maximum Gasteiger partial charge on any atom is 0.260 e. The molecular weight excluding hydrogens is 387 g/mol. The lowest BCUT2D eigenvalue weighted by Crippen LogP contribution is -2.40. The highest BCUT2D eigenvalue weighted by Crippen LogP contribution is 2.30. The summed E-state index contributed by atoms with van der Waals surface area (Å²) in [6.45, 7) is 1.30. The summed E-state index contributed by atoms with van der Waals surface area (Å²) >= 11 is 11.8. The molecule has 0 unspecified atom stereocenters. The summed E-state index contributed by atoms with van der Waals surface area (Å²) in [5, 5.41) is 0.859. The van der Waals surface area contributed by atoms with Crippen LogP contribution in [0.25, 0.3) is 11.1 Å². The van der Waals surface area contributed by atoms with Crippen molar-refractivity contribution in [2.75, 3.05) is 19.7 Å². The summed E-state index contributed by atoms with van der Waals surface area (Å²) in [5.41, 5.74) is 1.68. The van der Waals surface area contributed by atoms with Crippen molar-refractivity contribution in [2.24, 2.45) is 0 Å². The molecule has 140 valence electrons. The highest BCUT2D eigenvalue weighted by atomic mass is 35.5. The molecule has 0 atom stereocenters. The Labute approximate surface area is 166 Å². The highest BCUT2D eigenvalue weighted by molar-refractivity contribution is 6.42. The van der Waals surface area contributed by atoms with E-state index >= 15 is 0 Å². The molecule has 1 aliphatic heterocycles. The number of likely N-dealkylation sites (tertiary alicyclic amines) is 1. The number of nitrogens with zero attached hydrogens (tertiary/aromatic N) is 2. The van der Waals surface area contributed by atoms with Gasteiger partial charge in [-0.3, -0.25) is 4.79 Å². The van der Waals surface area contributed by atoms with Gasteiger partial charge in [0, 0.05) is 25.1 Å². The van der Waals surface area contributed by atoms with Crippen molar-refractivity contribution in [3.63, 3.8) is 0 Å². The van der Waals surface area contributed by atoms with Crippen LogP contribution in [0.15, 0.2) is 46.9 Å². The fourth-order valence-corrected chi connectivity index (χ4v) is 3.53. The summed E-state index contributed by atoms with van der Waals surface area (Å²) in [7, 11) is 0. The van der Waals surface area contributed by atoms with Crippen LogP contribution in [0.2, 0.25) is 10.0 Å². The van der Waals surface area contributed by atoms with Gasteiger partial charge in [0.2, 0.25) is 0 Å². The van der Waals surface area contributed by atoms with Crippen LogP contribution in [-0.2, 0) is 4.79 Å². The monoisotopic (exact) mass is 404 g/mol. The Kier molecular flexibility index (Phi) is 5.23. The van der Waals surface area contributed by atoms with Gasteiger partial charge in [0.15, 0.2) is 18.1 Å². The maximum atomic E-state index is 12.4. The minimum Gasteiger partial charge on any atom is -0.484 e. The number of rotatable bonds is 4. The van der Waals surface area contributed by atoms with Gasteiger partial charge in [0.1, 0.15) is 11.3 Å². The maximum absolute atomic E-state index is 12.4. The quantitative estimate of drug-likeness (QED) is 0.618. The van der Waals surface area contributed by atoms with Crippen LogP contribution in [0.4, 0.5) is 0 Å². The van der Waals surface area contributed by atoms with Gasteiger partial charge in [-0.15, -0.1) is 0 Å². The predicted octanol–water partition coefficient (Wildman–Crippen LogP) is 4.92. The second-order valence-electron chi connectivity index (χ2n) is 6.54.